The molecule has 0 saturated carbocycles. The van der Waals surface area contributed by atoms with E-state index in [1.54, 1.807) is 11.3 Å². The zero-order chi connectivity index (χ0) is 33.6. The van der Waals surface area contributed by atoms with Crippen LogP contribution in [-0.4, -0.2) is 0 Å². The minimum absolute atomic E-state index is 0.0869. The van der Waals surface area contributed by atoms with Crippen molar-refractivity contribution in [3.63, 3.8) is 0 Å². The van der Waals surface area contributed by atoms with Crippen molar-refractivity contribution in [2.75, 3.05) is 0 Å². The van der Waals surface area contributed by atoms with Crippen molar-refractivity contribution in [3.8, 4) is 22.3 Å². The van der Waals surface area contributed by atoms with Gasteiger partial charge in [-0.2, -0.15) is 0 Å². The molecule has 0 amide bonds. The Hall–Kier alpha value is -6.35. The van der Waals surface area contributed by atoms with Gasteiger partial charge in [0.05, 0.1) is 0 Å². The summed E-state index contributed by atoms with van der Waals surface area (Å²) in [6.45, 7) is 0. The lowest BCUT2D eigenvalue weighted by molar-refractivity contribution is 1.68. The maximum absolute atomic E-state index is 13.9. The summed E-state index contributed by atoms with van der Waals surface area (Å²) >= 11 is 1.70. The highest BCUT2D eigenvalue weighted by atomic mass is 32.1. The van der Waals surface area contributed by atoms with Gasteiger partial charge in [-0.05, 0) is 123 Å². The fourth-order valence-corrected chi connectivity index (χ4v) is 9.54. The molecule has 2 heteroatoms. The van der Waals surface area contributed by atoms with E-state index in [2.05, 4.69) is 158 Å². The van der Waals surface area contributed by atoms with E-state index in [-0.39, 0.29) is 5.43 Å². The van der Waals surface area contributed by atoms with Crippen LogP contribution < -0.4 is 5.43 Å². The average molecular weight is 665 g/mol. The second-order valence-corrected chi connectivity index (χ2v) is 14.6. The molecule has 0 aliphatic rings. The second-order valence-electron chi connectivity index (χ2n) is 13.6. The van der Waals surface area contributed by atoms with Gasteiger partial charge in [0.2, 0.25) is 0 Å². The topological polar surface area (TPSA) is 17.1 Å². The van der Waals surface area contributed by atoms with E-state index in [4.69, 9.17) is 0 Å². The molecule has 0 fully saturated rings. The summed E-state index contributed by atoms with van der Waals surface area (Å²) in [6.07, 6.45) is 0. The van der Waals surface area contributed by atoms with E-state index >= 15 is 0 Å². The lowest BCUT2D eigenvalue weighted by atomic mass is 9.92. The monoisotopic (exact) mass is 664 g/mol. The molecular formula is C49H28OS. The number of hydrogen-bond donors (Lipinski definition) is 0. The van der Waals surface area contributed by atoms with Gasteiger partial charge in [-0.25, -0.2) is 0 Å². The van der Waals surface area contributed by atoms with Crippen LogP contribution in [0.3, 0.4) is 0 Å². The first-order valence-corrected chi connectivity index (χ1v) is 18.2. The maximum Gasteiger partial charge on any atom is 0.195 e. The fraction of sp³-hybridized carbons (Fsp3) is 0. The molecule has 0 bridgehead atoms. The highest BCUT2D eigenvalue weighted by molar-refractivity contribution is 7.24. The van der Waals surface area contributed by atoms with Crippen LogP contribution in [-0.2, 0) is 0 Å². The Labute approximate surface area is 297 Å². The fourth-order valence-electron chi connectivity index (χ4n) is 8.39. The van der Waals surface area contributed by atoms with Crippen LogP contribution in [0.2, 0.25) is 0 Å². The van der Waals surface area contributed by atoms with Crippen LogP contribution in [0, 0.1) is 0 Å². The summed E-state index contributed by atoms with van der Waals surface area (Å²) in [4.78, 5) is 13.9. The lowest BCUT2D eigenvalue weighted by Gasteiger charge is -2.13. The highest BCUT2D eigenvalue weighted by Gasteiger charge is 2.14. The van der Waals surface area contributed by atoms with Crippen LogP contribution in [0.1, 0.15) is 0 Å². The van der Waals surface area contributed by atoms with Gasteiger partial charge < -0.3 is 0 Å². The SMILES string of the molecule is O=c1c2ccc(-c3ccc4c5ccccc5c5ccccc5c4c3)cc2sc2cc(-c3ccc4c5ccccc5c5ccccc5c4c3)ccc12. The van der Waals surface area contributed by atoms with Crippen molar-refractivity contribution in [2.45, 2.75) is 0 Å². The van der Waals surface area contributed by atoms with Gasteiger partial charge in [0.1, 0.15) is 0 Å². The zero-order valence-corrected chi connectivity index (χ0v) is 28.3. The molecule has 10 aromatic carbocycles. The summed E-state index contributed by atoms with van der Waals surface area (Å²) < 4.78 is 2.00. The molecule has 236 valence electrons. The van der Waals surface area contributed by atoms with E-state index in [9.17, 15) is 4.79 Å². The van der Waals surface area contributed by atoms with Gasteiger partial charge in [-0.1, -0.05) is 133 Å². The first kappa shape index (κ1) is 28.5. The third kappa shape index (κ3) is 4.24. The molecule has 0 N–H and O–H groups in total. The van der Waals surface area contributed by atoms with Crippen molar-refractivity contribution in [1.82, 2.24) is 0 Å². The summed E-state index contributed by atoms with van der Waals surface area (Å²) in [5.41, 5.74) is 4.61. The van der Waals surface area contributed by atoms with E-state index in [0.717, 1.165) is 42.4 Å². The van der Waals surface area contributed by atoms with Crippen LogP contribution in [0.4, 0.5) is 0 Å². The maximum atomic E-state index is 13.9. The number of fused-ring (bicyclic) bond motifs is 14. The van der Waals surface area contributed by atoms with Gasteiger partial charge in [0.15, 0.2) is 5.43 Å². The second kappa shape index (κ2) is 10.8. The Morgan fingerprint density at radius 2 is 0.510 bits per heavy atom. The first-order valence-electron chi connectivity index (χ1n) is 17.4. The molecular weight excluding hydrogens is 637 g/mol. The molecule has 11 rings (SSSR count). The summed E-state index contributed by atoms with van der Waals surface area (Å²) in [5, 5.41) is 16.7. The molecule has 0 aliphatic carbocycles. The van der Waals surface area contributed by atoms with Crippen LogP contribution in [0.15, 0.2) is 175 Å². The third-order valence-corrected chi connectivity index (χ3v) is 11.9. The number of hydrogen-bond acceptors (Lipinski definition) is 2. The summed E-state index contributed by atoms with van der Waals surface area (Å²) in [5.74, 6) is 0. The number of rotatable bonds is 2. The molecule has 0 radical (unpaired) electrons. The Kier molecular flexibility index (Phi) is 6.05. The Morgan fingerprint density at radius 3 is 0.843 bits per heavy atom. The van der Waals surface area contributed by atoms with Crippen molar-refractivity contribution >= 4 is 96.1 Å². The standard InChI is InChI=1S/C49H28OS/c50-49-43-23-19-31(29-17-21-41-37-13-3-1-9-33(37)35-11-5-7-15-39(35)45(41)25-29)27-47(43)51-48-28-32(20-24-44(48)49)30-18-22-42-38-14-4-2-10-34(38)36-12-6-8-16-40(36)46(42)26-30/h1-28H. The van der Waals surface area contributed by atoms with E-state index in [1.807, 2.05) is 12.1 Å². The van der Waals surface area contributed by atoms with Gasteiger partial charge in [0.25, 0.3) is 0 Å². The quantitative estimate of drug-likeness (QED) is 0.133. The Balaban J connectivity index is 1.07. The van der Waals surface area contributed by atoms with Crippen molar-refractivity contribution in [1.29, 1.82) is 0 Å². The van der Waals surface area contributed by atoms with Gasteiger partial charge in [-0.15, -0.1) is 11.3 Å². The molecule has 11 aromatic rings. The molecule has 0 atom stereocenters. The van der Waals surface area contributed by atoms with Gasteiger partial charge in [-0.3, -0.25) is 4.79 Å². The minimum Gasteiger partial charge on any atom is -0.289 e. The van der Waals surface area contributed by atoms with Crippen LogP contribution in [0.5, 0.6) is 0 Å². The Bertz CT molecular complexity index is 3040. The predicted octanol–water partition coefficient (Wildman–Crippen LogP) is 13.7. The average Bonchev–Trinajstić information content (AvgIpc) is 3.20. The molecule has 1 nitrogen and oxygen atoms in total. The summed E-state index contributed by atoms with van der Waals surface area (Å²) in [6, 6.07) is 61.0. The first-order chi connectivity index (χ1) is 25.2. The summed E-state index contributed by atoms with van der Waals surface area (Å²) in [7, 11) is 0. The van der Waals surface area contributed by atoms with E-state index in [0.29, 0.717) is 0 Å². The third-order valence-electron chi connectivity index (χ3n) is 10.8. The van der Waals surface area contributed by atoms with Crippen molar-refractivity contribution in [3.05, 3.63) is 180 Å². The minimum atomic E-state index is 0.0869. The van der Waals surface area contributed by atoms with Crippen molar-refractivity contribution in [2.24, 2.45) is 0 Å². The molecule has 0 spiro atoms. The van der Waals surface area contributed by atoms with Crippen molar-refractivity contribution < 1.29 is 0 Å². The van der Waals surface area contributed by atoms with E-state index < -0.39 is 0 Å². The lowest BCUT2D eigenvalue weighted by Crippen LogP contribution is -2.01. The largest absolute Gasteiger partial charge is 0.289 e. The van der Waals surface area contributed by atoms with Gasteiger partial charge in [0, 0.05) is 20.2 Å². The molecule has 1 aromatic heterocycles. The highest BCUT2D eigenvalue weighted by Crippen LogP contribution is 2.40. The smallest absolute Gasteiger partial charge is 0.195 e. The molecule has 51 heavy (non-hydrogen) atoms. The molecule has 0 unspecified atom stereocenters. The van der Waals surface area contributed by atoms with E-state index in [1.165, 1.54) is 64.6 Å². The molecule has 0 saturated heterocycles. The van der Waals surface area contributed by atoms with Crippen LogP contribution >= 0.6 is 11.3 Å². The molecule has 1 heterocycles. The Morgan fingerprint density at radius 1 is 0.255 bits per heavy atom. The number of benzene rings is 10. The predicted molar refractivity (Wildman–Crippen MR) is 222 cm³/mol. The van der Waals surface area contributed by atoms with Gasteiger partial charge >= 0.3 is 0 Å². The molecule has 0 aliphatic heterocycles. The normalized spacial score (nSPS) is 12.0. The van der Waals surface area contributed by atoms with Crippen LogP contribution in [0.25, 0.3) is 107 Å². The zero-order valence-electron chi connectivity index (χ0n) is 27.5.